The summed E-state index contributed by atoms with van der Waals surface area (Å²) in [6.45, 7) is 1.58. The number of aromatic nitrogens is 2. The third-order valence-corrected chi connectivity index (χ3v) is 2.03. The fourth-order valence-corrected chi connectivity index (χ4v) is 1.32. The van der Waals surface area contributed by atoms with Crippen molar-refractivity contribution in [3.63, 3.8) is 0 Å². The van der Waals surface area contributed by atoms with E-state index in [1.807, 2.05) is 6.92 Å². The van der Waals surface area contributed by atoms with Gasteiger partial charge in [-0.2, -0.15) is 0 Å². The van der Waals surface area contributed by atoms with E-state index in [1.54, 1.807) is 12.4 Å². The molecular weight excluding hydrogens is 228 g/mol. The van der Waals surface area contributed by atoms with E-state index in [-0.39, 0.29) is 12.6 Å². The minimum Gasteiger partial charge on any atom is -0.375 e. The van der Waals surface area contributed by atoms with Gasteiger partial charge < -0.3 is 10.5 Å². The lowest BCUT2D eigenvalue weighted by Crippen LogP contribution is -2.18. The van der Waals surface area contributed by atoms with Crippen molar-refractivity contribution in [1.82, 2.24) is 9.97 Å². The highest BCUT2D eigenvalue weighted by Crippen LogP contribution is 2.01. The van der Waals surface area contributed by atoms with E-state index in [9.17, 15) is 8.78 Å². The van der Waals surface area contributed by atoms with Crippen molar-refractivity contribution in [1.29, 1.82) is 0 Å². The van der Waals surface area contributed by atoms with Gasteiger partial charge in [0.05, 0.1) is 6.61 Å². The molecule has 1 unspecified atom stereocenters. The van der Waals surface area contributed by atoms with Gasteiger partial charge >= 0.3 is 0 Å². The van der Waals surface area contributed by atoms with Crippen molar-refractivity contribution in [2.45, 2.75) is 32.2 Å². The maximum absolute atomic E-state index is 11.8. The monoisotopic (exact) mass is 245 g/mol. The Bertz CT molecular complexity index is 317. The van der Waals surface area contributed by atoms with Gasteiger partial charge in [-0.1, -0.05) is 0 Å². The quantitative estimate of drug-likeness (QED) is 0.733. The second-order valence-electron chi connectivity index (χ2n) is 3.90. The molecule has 0 aliphatic carbocycles. The molecule has 96 valence electrons. The van der Waals surface area contributed by atoms with Gasteiger partial charge in [0, 0.05) is 24.9 Å². The van der Waals surface area contributed by atoms with Crippen molar-refractivity contribution in [3.8, 4) is 0 Å². The molecule has 2 N–H and O–H groups in total. The molecule has 1 heterocycles. The Morgan fingerprint density at radius 2 is 2.00 bits per heavy atom. The van der Waals surface area contributed by atoms with E-state index in [0.29, 0.717) is 12.2 Å². The number of nitrogens with two attached hydrogens (primary N) is 1. The van der Waals surface area contributed by atoms with Crippen LogP contribution in [0.15, 0.2) is 12.4 Å². The zero-order chi connectivity index (χ0) is 12.7. The Morgan fingerprint density at radius 3 is 2.53 bits per heavy atom. The Labute approximate surface area is 99.2 Å². The lowest BCUT2D eigenvalue weighted by molar-refractivity contribution is 0.0183. The smallest absolute Gasteiger partial charge is 0.261 e. The van der Waals surface area contributed by atoms with Crippen LogP contribution in [0.5, 0.6) is 0 Å². The summed E-state index contributed by atoms with van der Waals surface area (Å²) in [6.07, 6.45) is 2.15. The summed E-state index contributed by atoms with van der Waals surface area (Å²) >= 11 is 0. The second-order valence-corrected chi connectivity index (χ2v) is 3.90. The van der Waals surface area contributed by atoms with Gasteiger partial charge in [-0.3, -0.25) is 0 Å². The second kappa shape index (κ2) is 7.24. The molecule has 4 nitrogen and oxygen atoms in total. The van der Waals surface area contributed by atoms with E-state index in [2.05, 4.69) is 9.97 Å². The number of rotatable bonds is 7. The number of hydrogen-bond donors (Lipinski definition) is 1. The van der Waals surface area contributed by atoms with Crippen molar-refractivity contribution in [3.05, 3.63) is 23.8 Å². The van der Waals surface area contributed by atoms with Crippen molar-refractivity contribution in [2.75, 3.05) is 13.2 Å². The van der Waals surface area contributed by atoms with E-state index in [0.717, 1.165) is 12.0 Å². The maximum Gasteiger partial charge on any atom is 0.261 e. The number of nitrogens with zero attached hydrogens (tertiary/aromatic N) is 2. The molecule has 0 aromatic carbocycles. The Morgan fingerprint density at radius 1 is 1.35 bits per heavy atom. The van der Waals surface area contributed by atoms with Crippen molar-refractivity contribution >= 4 is 0 Å². The van der Waals surface area contributed by atoms with Crippen molar-refractivity contribution in [2.24, 2.45) is 5.73 Å². The maximum atomic E-state index is 11.8. The molecule has 1 aromatic heterocycles. The normalized spacial score (nSPS) is 13.0. The van der Waals surface area contributed by atoms with Crippen LogP contribution in [0, 0.1) is 0 Å². The number of halogens is 2. The molecule has 6 heteroatoms. The lowest BCUT2D eigenvalue weighted by atomic mass is 10.1. The molecule has 0 bridgehead atoms. The summed E-state index contributed by atoms with van der Waals surface area (Å²) in [7, 11) is 0. The molecule has 0 amide bonds. The first kappa shape index (κ1) is 13.9. The standard InChI is InChI=1S/C11H17F2N3O/c1-8(14)4-9-5-15-11(16-6-9)2-3-17-7-10(12)13/h5-6,8,10H,2-4,7,14H2,1H3. The average Bonchev–Trinajstić information content (AvgIpc) is 2.25. The van der Waals surface area contributed by atoms with Gasteiger partial charge in [-0.05, 0) is 18.9 Å². The summed E-state index contributed by atoms with van der Waals surface area (Å²) < 4.78 is 28.3. The predicted molar refractivity (Wildman–Crippen MR) is 59.9 cm³/mol. The molecule has 0 spiro atoms. The van der Waals surface area contributed by atoms with Crippen LogP contribution in [0.25, 0.3) is 0 Å². The zero-order valence-electron chi connectivity index (χ0n) is 9.77. The van der Waals surface area contributed by atoms with Gasteiger partial charge in [0.25, 0.3) is 6.43 Å². The van der Waals surface area contributed by atoms with Crippen LogP contribution in [-0.4, -0.2) is 35.6 Å². The van der Waals surface area contributed by atoms with Crippen LogP contribution in [0.4, 0.5) is 8.78 Å². The highest BCUT2D eigenvalue weighted by atomic mass is 19.3. The first-order valence-corrected chi connectivity index (χ1v) is 5.49. The first-order valence-electron chi connectivity index (χ1n) is 5.49. The Kier molecular flexibility index (Phi) is 5.93. The molecule has 17 heavy (non-hydrogen) atoms. The van der Waals surface area contributed by atoms with E-state index in [1.165, 1.54) is 0 Å². The third kappa shape index (κ3) is 6.23. The number of ether oxygens (including phenoxy) is 1. The molecule has 0 aliphatic rings. The van der Waals surface area contributed by atoms with Gasteiger partial charge in [-0.15, -0.1) is 0 Å². The third-order valence-electron chi connectivity index (χ3n) is 2.03. The first-order chi connectivity index (χ1) is 8.08. The summed E-state index contributed by atoms with van der Waals surface area (Å²) in [4.78, 5) is 8.23. The molecule has 0 saturated heterocycles. The molecule has 0 fully saturated rings. The summed E-state index contributed by atoms with van der Waals surface area (Å²) in [5.41, 5.74) is 6.61. The van der Waals surface area contributed by atoms with Crippen LogP contribution < -0.4 is 5.73 Å². The molecule has 1 aromatic rings. The fourth-order valence-electron chi connectivity index (χ4n) is 1.32. The lowest BCUT2D eigenvalue weighted by Gasteiger charge is -2.05. The summed E-state index contributed by atoms with van der Waals surface area (Å²) in [5, 5.41) is 0. The largest absolute Gasteiger partial charge is 0.375 e. The summed E-state index contributed by atoms with van der Waals surface area (Å²) in [5.74, 6) is 0.590. The van der Waals surface area contributed by atoms with Gasteiger partial charge in [-0.25, -0.2) is 18.7 Å². The van der Waals surface area contributed by atoms with Crippen LogP contribution in [0.1, 0.15) is 18.3 Å². The predicted octanol–water partition coefficient (Wildman–Crippen LogP) is 1.19. The highest BCUT2D eigenvalue weighted by molar-refractivity contribution is 5.06. The molecule has 1 rings (SSSR count). The topological polar surface area (TPSA) is 61.0 Å². The minimum atomic E-state index is -2.43. The van der Waals surface area contributed by atoms with E-state index in [4.69, 9.17) is 10.5 Å². The molecular formula is C11H17F2N3O. The molecule has 0 radical (unpaired) electrons. The van der Waals surface area contributed by atoms with Crippen LogP contribution >= 0.6 is 0 Å². The summed E-state index contributed by atoms with van der Waals surface area (Å²) in [6, 6.07) is 0.0684. The van der Waals surface area contributed by atoms with Crippen molar-refractivity contribution < 1.29 is 13.5 Å². The fraction of sp³-hybridized carbons (Fsp3) is 0.636. The molecule has 0 saturated carbocycles. The zero-order valence-corrected chi connectivity index (χ0v) is 9.77. The van der Waals surface area contributed by atoms with Crippen LogP contribution in [-0.2, 0) is 17.6 Å². The van der Waals surface area contributed by atoms with Crippen LogP contribution in [0.3, 0.4) is 0 Å². The number of alkyl halides is 2. The highest BCUT2D eigenvalue weighted by Gasteiger charge is 2.03. The molecule has 0 aliphatic heterocycles. The Balaban J connectivity index is 2.30. The SMILES string of the molecule is CC(N)Cc1cnc(CCOCC(F)F)nc1. The number of hydrogen-bond acceptors (Lipinski definition) is 4. The minimum absolute atomic E-state index is 0.0684. The molecule has 1 atom stereocenters. The van der Waals surface area contributed by atoms with Gasteiger partial charge in [0.15, 0.2) is 0 Å². The van der Waals surface area contributed by atoms with Crippen LogP contribution in [0.2, 0.25) is 0 Å². The van der Waals surface area contributed by atoms with Gasteiger partial charge in [0.2, 0.25) is 0 Å². The average molecular weight is 245 g/mol. The van der Waals surface area contributed by atoms with E-state index < -0.39 is 13.0 Å². The Hall–Kier alpha value is -1.14. The van der Waals surface area contributed by atoms with Gasteiger partial charge in [0.1, 0.15) is 12.4 Å². The van der Waals surface area contributed by atoms with E-state index >= 15 is 0 Å².